The number of hydrogen-bond donors (Lipinski definition) is 0. The number of hydrogen-bond acceptors (Lipinski definition) is 0. The Morgan fingerprint density at radius 1 is 0.895 bits per heavy atom. The Bertz CT molecular complexity index is 257. The van der Waals surface area contributed by atoms with E-state index in [0.717, 1.165) is 12.0 Å². The van der Waals surface area contributed by atoms with Crippen LogP contribution >= 0.6 is 0 Å². The van der Waals surface area contributed by atoms with Crippen LogP contribution in [0.25, 0.3) is 0 Å². The fourth-order valence-electron chi connectivity index (χ4n) is 2.05. The van der Waals surface area contributed by atoms with Crippen molar-refractivity contribution in [3.05, 3.63) is 36.5 Å². The van der Waals surface area contributed by atoms with Crippen molar-refractivity contribution in [2.24, 2.45) is 5.92 Å². The van der Waals surface area contributed by atoms with Gasteiger partial charge < -0.3 is 0 Å². The molecule has 0 N–H and O–H groups in total. The highest BCUT2D eigenvalue weighted by Gasteiger charge is 2.06. The van der Waals surface area contributed by atoms with Crippen molar-refractivity contribution >= 4 is 0 Å². The van der Waals surface area contributed by atoms with E-state index in [1.807, 2.05) is 0 Å². The third-order valence-corrected chi connectivity index (χ3v) is 3.42. The van der Waals surface area contributed by atoms with Gasteiger partial charge in [-0.1, -0.05) is 90.2 Å². The van der Waals surface area contributed by atoms with Crippen LogP contribution in [0, 0.1) is 12.5 Å². The molecule has 1 unspecified atom stereocenters. The Labute approximate surface area is 121 Å². The van der Waals surface area contributed by atoms with Crippen LogP contribution in [-0.2, 0) is 0 Å². The molecule has 19 heavy (non-hydrogen) atoms. The summed E-state index contributed by atoms with van der Waals surface area (Å²) in [7, 11) is 0. The van der Waals surface area contributed by atoms with Crippen LogP contribution in [0.2, 0.25) is 0 Å². The molecule has 0 aromatic carbocycles. The van der Waals surface area contributed by atoms with Crippen molar-refractivity contribution in [3.8, 4) is 0 Å². The molecule has 0 heteroatoms. The molecule has 0 amide bonds. The molecule has 0 aromatic heterocycles. The van der Waals surface area contributed by atoms with Crippen molar-refractivity contribution in [2.45, 2.75) is 78.6 Å². The van der Waals surface area contributed by atoms with Crippen molar-refractivity contribution < 1.29 is 0 Å². The van der Waals surface area contributed by atoms with Crippen LogP contribution in [0.15, 0.2) is 29.9 Å². The fraction of sp³-hybridized carbons (Fsp3) is 0.684. The van der Waals surface area contributed by atoms with E-state index in [1.54, 1.807) is 0 Å². The Morgan fingerprint density at radius 2 is 1.47 bits per heavy atom. The average Bonchev–Trinajstić information content (AvgIpc) is 2.42. The topological polar surface area (TPSA) is 0 Å². The lowest BCUT2D eigenvalue weighted by molar-refractivity contribution is 0.624. The first-order valence-corrected chi connectivity index (χ1v) is 8.21. The van der Waals surface area contributed by atoms with Gasteiger partial charge in [0.2, 0.25) is 0 Å². The van der Waals surface area contributed by atoms with Gasteiger partial charge in [-0.2, -0.15) is 0 Å². The molecule has 1 radical (unpaired) electrons. The highest BCUT2D eigenvalue weighted by atomic mass is 14.1. The molecular weight excluding hydrogens is 228 g/mol. The van der Waals surface area contributed by atoms with Gasteiger partial charge in [0.25, 0.3) is 0 Å². The van der Waals surface area contributed by atoms with Crippen molar-refractivity contribution in [1.82, 2.24) is 0 Å². The van der Waals surface area contributed by atoms with E-state index >= 15 is 0 Å². The number of allylic oxidation sites excluding steroid dienone is 5. The lowest BCUT2D eigenvalue weighted by Gasteiger charge is -2.12. The highest BCUT2D eigenvalue weighted by Crippen LogP contribution is 2.20. The van der Waals surface area contributed by atoms with E-state index in [4.69, 9.17) is 6.58 Å². The van der Waals surface area contributed by atoms with Gasteiger partial charge in [0.15, 0.2) is 0 Å². The summed E-state index contributed by atoms with van der Waals surface area (Å²) >= 11 is 0. The SMILES string of the molecule is [CH]=C(C=CCCCC)C(C=CCCCC)CCCC. The Balaban J connectivity index is 4.25. The lowest BCUT2D eigenvalue weighted by atomic mass is 9.93. The van der Waals surface area contributed by atoms with Crippen LogP contribution in [0.5, 0.6) is 0 Å². The molecule has 0 saturated heterocycles. The molecular formula is C19H33. The van der Waals surface area contributed by atoms with E-state index in [-0.39, 0.29) is 0 Å². The van der Waals surface area contributed by atoms with Gasteiger partial charge in [-0.15, -0.1) is 0 Å². The fourth-order valence-corrected chi connectivity index (χ4v) is 2.05. The summed E-state index contributed by atoms with van der Waals surface area (Å²) in [6.45, 7) is 12.9. The van der Waals surface area contributed by atoms with Crippen LogP contribution in [-0.4, -0.2) is 0 Å². The summed E-state index contributed by atoms with van der Waals surface area (Å²) in [5.74, 6) is 0.440. The molecule has 0 saturated carbocycles. The smallest absolute Gasteiger partial charge is 0.00178 e. The molecule has 1 atom stereocenters. The minimum absolute atomic E-state index is 0.440. The van der Waals surface area contributed by atoms with E-state index in [1.165, 1.54) is 51.4 Å². The Hall–Kier alpha value is -0.780. The first-order valence-electron chi connectivity index (χ1n) is 8.21. The second-order valence-electron chi connectivity index (χ2n) is 5.36. The van der Waals surface area contributed by atoms with Gasteiger partial charge in [0, 0.05) is 5.92 Å². The summed E-state index contributed by atoms with van der Waals surface area (Å²) in [5.41, 5.74) is 1.04. The van der Waals surface area contributed by atoms with E-state index in [9.17, 15) is 0 Å². The second-order valence-corrected chi connectivity index (χ2v) is 5.36. The molecule has 0 aliphatic rings. The minimum Gasteiger partial charge on any atom is -0.0879 e. The Morgan fingerprint density at radius 3 is 2.05 bits per heavy atom. The zero-order valence-corrected chi connectivity index (χ0v) is 13.3. The molecule has 0 spiro atoms. The predicted octanol–water partition coefficient (Wildman–Crippen LogP) is 6.64. The third kappa shape index (κ3) is 10.8. The van der Waals surface area contributed by atoms with Crippen LogP contribution in [0.1, 0.15) is 78.6 Å². The zero-order chi connectivity index (χ0) is 14.3. The van der Waals surface area contributed by atoms with Gasteiger partial charge in [-0.3, -0.25) is 0 Å². The molecule has 0 nitrogen and oxygen atoms in total. The lowest BCUT2D eigenvalue weighted by Crippen LogP contribution is -1.98. The van der Waals surface area contributed by atoms with E-state index < -0.39 is 0 Å². The van der Waals surface area contributed by atoms with Crippen LogP contribution < -0.4 is 0 Å². The Kier molecular flexibility index (Phi) is 13.1. The second kappa shape index (κ2) is 13.6. The van der Waals surface area contributed by atoms with Crippen molar-refractivity contribution in [1.29, 1.82) is 0 Å². The molecule has 0 fully saturated rings. The summed E-state index contributed by atoms with van der Waals surface area (Å²) < 4.78 is 0. The predicted molar refractivity (Wildman–Crippen MR) is 88.2 cm³/mol. The molecule has 0 aromatic rings. The van der Waals surface area contributed by atoms with Gasteiger partial charge >= 0.3 is 0 Å². The summed E-state index contributed by atoms with van der Waals surface area (Å²) in [6, 6.07) is 0. The maximum absolute atomic E-state index is 6.23. The first kappa shape index (κ1) is 18.2. The van der Waals surface area contributed by atoms with Crippen molar-refractivity contribution in [2.75, 3.05) is 0 Å². The van der Waals surface area contributed by atoms with Gasteiger partial charge in [0.1, 0.15) is 0 Å². The molecule has 0 aliphatic carbocycles. The average molecular weight is 261 g/mol. The zero-order valence-electron chi connectivity index (χ0n) is 13.3. The maximum atomic E-state index is 6.23. The van der Waals surface area contributed by atoms with Gasteiger partial charge in [-0.25, -0.2) is 0 Å². The van der Waals surface area contributed by atoms with Gasteiger partial charge in [0.05, 0.1) is 0 Å². The number of unbranched alkanes of at least 4 members (excludes halogenated alkanes) is 5. The normalized spacial score (nSPS) is 13.4. The number of rotatable bonds is 12. The quantitative estimate of drug-likeness (QED) is 0.210. The van der Waals surface area contributed by atoms with Crippen LogP contribution in [0.4, 0.5) is 0 Å². The van der Waals surface area contributed by atoms with Crippen LogP contribution in [0.3, 0.4) is 0 Å². The summed E-state index contributed by atoms with van der Waals surface area (Å²) in [6.07, 6.45) is 20.1. The molecule has 0 rings (SSSR count). The first-order chi connectivity index (χ1) is 9.26. The highest BCUT2D eigenvalue weighted by molar-refractivity contribution is 5.20. The van der Waals surface area contributed by atoms with Gasteiger partial charge in [-0.05, 0) is 24.8 Å². The van der Waals surface area contributed by atoms with E-state index in [0.29, 0.717) is 5.92 Å². The summed E-state index contributed by atoms with van der Waals surface area (Å²) in [5, 5.41) is 0. The molecule has 0 heterocycles. The largest absolute Gasteiger partial charge is 0.0879 e. The molecule has 0 aliphatic heterocycles. The third-order valence-electron chi connectivity index (χ3n) is 3.42. The van der Waals surface area contributed by atoms with E-state index in [2.05, 4.69) is 45.1 Å². The standard InChI is InChI=1S/C19H33/c1-5-8-11-13-15-18(4)19(16-10-7-3)17-14-12-9-6-2/h4,13-15,17,19H,5-12,16H2,1-3H3. The molecule has 109 valence electrons. The minimum atomic E-state index is 0.440. The summed E-state index contributed by atoms with van der Waals surface area (Å²) in [4.78, 5) is 0. The maximum Gasteiger partial charge on any atom is 0.00178 e. The molecule has 0 bridgehead atoms. The van der Waals surface area contributed by atoms with Crippen molar-refractivity contribution in [3.63, 3.8) is 0 Å². The monoisotopic (exact) mass is 261 g/mol.